The van der Waals surface area contributed by atoms with Crippen molar-refractivity contribution in [3.63, 3.8) is 0 Å². The largest absolute Gasteiger partial charge is 0.452 e. The second-order valence-electron chi connectivity index (χ2n) is 4.73. The average molecular weight is 394 g/mol. The minimum absolute atomic E-state index is 0.167. The monoisotopic (exact) mass is 393 g/mol. The highest BCUT2D eigenvalue weighted by atomic mass is 79.9. The lowest BCUT2D eigenvalue weighted by Gasteiger charge is -2.13. The molecule has 0 aromatic heterocycles. The predicted octanol–water partition coefficient (Wildman–Crippen LogP) is 4.11. The van der Waals surface area contributed by atoms with E-state index < -0.39 is 12.1 Å². The number of anilines is 1. The SMILES string of the molecule is C[C@@H](OC(=O)CSc1ccccc1)C(=O)Nc1ccc(Br)cc1. The van der Waals surface area contributed by atoms with Crippen molar-refractivity contribution in [2.45, 2.75) is 17.9 Å². The van der Waals surface area contributed by atoms with Gasteiger partial charge in [0.25, 0.3) is 5.91 Å². The Morgan fingerprint density at radius 3 is 2.43 bits per heavy atom. The normalized spacial score (nSPS) is 11.6. The van der Waals surface area contributed by atoms with Crippen LogP contribution >= 0.6 is 27.7 Å². The number of ether oxygens (including phenoxy) is 1. The molecular weight excluding hydrogens is 378 g/mol. The van der Waals surface area contributed by atoms with Crippen LogP contribution in [0.1, 0.15) is 6.92 Å². The Balaban J connectivity index is 1.78. The Bertz CT molecular complexity index is 661. The molecule has 0 aliphatic rings. The molecule has 0 heterocycles. The summed E-state index contributed by atoms with van der Waals surface area (Å²) in [7, 11) is 0. The van der Waals surface area contributed by atoms with Gasteiger partial charge in [0.15, 0.2) is 6.10 Å². The standard InChI is InChI=1S/C17H16BrNO3S/c1-12(17(21)19-14-9-7-13(18)8-10-14)22-16(20)11-23-15-5-3-2-4-6-15/h2-10,12H,11H2,1H3,(H,19,21)/t12-/m1/s1. The molecule has 2 rings (SSSR count). The van der Waals surface area contributed by atoms with E-state index in [1.54, 1.807) is 19.1 Å². The van der Waals surface area contributed by atoms with Gasteiger partial charge in [0, 0.05) is 15.1 Å². The lowest BCUT2D eigenvalue weighted by molar-refractivity contribution is -0.150. The Morgan fingerprint density at radius 1 is 1.13 bits per heavy atom. The topological polar surface area (TPSA) is 55.4 Å². The van der Waals surface area contributed by atoms with Gasteiger partial charge in [0.2, 0.25) is 0 Å². The van der Waals surface area contributed by atoms with Gasteiger partial charge < -0.3 is 10.1 Å². The van der Waals surface area contributed by atoms with Gasteiger partial charge in [-0.1, -0.05) is 34.1 Å². The van der Waals surface area contributed by atoms with E-state index in [-0.39, 0.29) is 11.7 Å². The Kier molecular flexibility index (Phi) is 6.67. The van der Waals surface area contributed by atoms with Crippen LogP contribution in [0.3, 0.4) is 0 Å². The van der Waals surface area contributed by atoms with Gasteiger partial charge in [-0.2, -0.15) is 0 Å². The molecule has 0 aliphatic carbocycles. The molecule has 1 amide bonds. The fraction of sp³-hybridized carbons (Fsp3) is 0.176. The highest BCUT2D eigenvalue weighted by molar-refractivity contribution is 9.10. The molecule has 0 spiro atoms. The van der Waals surface area contributed by atoms with Crippen molar-refractivity contribution in [3.05, 3.63) is 59.1 Å². The lowest BCUT2D eigenvalue weighted by Crippen LogP contribution is -2.30. The fourth-order valence-electron chi connectivity index (χ4n) is 1.72. The second kappa shape index (κ2) is 8.74. The zero-order valence-electron chi connectivity index (χ0n) is 12.5. The summed E-state index contributed by atoms with van der Waals surface area (Å²) < 4.78 is 6.07. The zero-order chi connectivity index (χ0) is 16.7. The summed E-state index contributed by atoms with van der Waals surface area (Å²) in [6.45, 7) is 1.55. The molecule has 1 atom stereocenters. The number of rotatable bonds is 6. The summed E-state index contributed by atoms with van der Waals surface area (Å²) >= 11 is 4.70. The maximum atomic E-state index is 12.0. The van der Waals surface area contributed by atoms with Crippen LogP contribution in [0.2, 0.25) is 0 Å². The van der Waals surface area contributed by atoms with Crippen LogP contribution in [0.15, 0.2) is 64.0 Å². The minimum atomic E-state index is -0.845. The molecule has 2 aromatic carbocycles. The molecule has 2 aromatic rings. The minimum Gasteiger partial charge on any atom is -0.452 e. The average Bonchev–Trinajstić information content (AvgIpc) is 2.56. The van der Waals surface area contributed by atoms with Gasteiger partial charge in [-0.25, -0.2) is 0 Å². The van der Waals surface area contributed by atoms with Crippen LogP contribution in [0.25, 0.3) is 0 Å². The second-order valence-corrected chi connectivity index (χ2v) is 6.69. The van der Waals surface area contributed by atoms with Crippen molar-refractivity contribution < 1.29 is 14.3 Å². The molecule has 4 nitrogen and oxygen atoms in total. The summed E-state index contributed by atoms with van der Waals surface area (Å²) in [5.41, 5.74) is 0.653. The van der Waals surface area contributed by atoms with Gasteiger partial charge in [-0.05, 0) is 43.3 Å². The Hall–Kier alpha value is -1.79. The van der Waals surface area contributed by atoms with Crippen LogP contribution in [0.4, 0.5) is 5.69 Å². The van der Waals surface area contributed by atoms with Gasteiger partial charge in [-0.15, -0.1) is 11.8 Å². The van der Waals surface area contributed by atoms with E-state index in [1.807, 2.05) is 42.5 Å². The van der Waals surface area contributed by atoms with E-state index in [2.05, 4.69) is 21.2 Å². The van der Waals surface area contributed by atoms with Crippen LogP contribution in [-0.4, -0.2) is 23.7 Å². The zero-order valence-corrected chi connectivity index (χ0v) is 14.9. The molecule has 0 unspecified atom stereocenters. The number of carbonyl (C=O) groups is 2. The molecule has 0 radical (unpaired) electrons. The summed E-state index contributed by atoms with van der Waals surface area (Å²) in [6.07, 6.45) is -0.845. The van der Waals surface area contributed by atoms with E-state index in [0.717, 1.165) is 9.37 Å². The van der Waals surface area contributed by atoms with Crippen molar-refractivity contribution in [1.82, 2.24) is 0 Å². The molecule has 0 aliphatic heterocycles. The molecule has 23 heavy (non-hydrogen) atoms. The molecule has 0 saturated carbocycles. The van der Waals surface area contributed by atoms with Crippen molar-refractivity contribution in [2.75, 3.05) is 11.1 Å². The molecule has 0 saturated heterocycles. The van der Waals surface area contributed by atoms with Crippen molar-refractivity contribution in [2.24, 2.45) is 0 Å². The smallest absolute Gasteiger partial charge is 0.317 e. The number of thioether (sulfide) groups is 1. The molecule has 0 bridgehead atoms. The molecule has 1 N–H and O–H groups in total. The van der Waals surface area contributed by atoms with Gasteiger partial charge in [0.05, 0.1) is 5.75 Å². The van der Waals surface area contributed by atoms with Crippen molar-refractivity contribution in [1.29, 1.82) is 0 Å². The van der Waals surface area contributed by atoms with Crippen LogP contribution < -0.4 is 5.32 Å². The first-order valence-corrected chi connectivity index (χ1v) is 8.76. The van der Waals surface area contributed by atoms with E-state index in [4.69, 9.17) is 4.74 Å². The summed E-state index contributed by atoms with van der Waals surface area (Å²) in [5.74, 6) is -0.609. The first-order chi connectivity index (χ1) is 11.0. The molecule has 120 valence electrons. The van der Waals surface area contributed by atoms with E-state index in [0.29, 0.717) is 5.69 Å². The van der Waals surface area contributed by atoms with Crippen LogP contribution in [0, 0.1) is 0 Å². The first-order valence-electron chi connectivity index (χ1n) is 6.98. The number of carbonyl (C=O) groups excluding carboxylic acids is 2. The summed E-state index contributed by atoms with van der Waals surface area (Å²) in [6, 6.07) is 16.7. The maximum absolute atomic E-state index is 12.0. The summed E-state index contributed by atoms with van der Waals surface area (Å²) in [5, 5.41) is 2.70. The van der Waals surface area contributed by atoms with Crippen molar-refractivity contribution in [3.8, 4) is 0 Å². The third-order valence-corrected chi connectivity index (χ3v) is 4.40. The number of hydrogen-bond acceptors (Lipinski definition) is 4. The first kappa shape index (κ1) is 17.6. The number of nitrogens with one attached hydrogen (secondary N) is 1. The van der Waals surface area contributed by atoms with Crippen molar-refractivity contribution >= 4 is 45.3 Å². The van der Waals surface area contributed by atoms with Gasteiger partial charge in [0.1, 0.15) is 0 Å². The van der Waals surface area contributed by atoms with Gasteiger partial charge >= 0.3 is 5.97 Å². The maximum Gasteiger partial charge on any atom is 0.317 e. The number of halogens is 1. The fourth-order valence-corrected chi connectivity index (χ4v) is 2.69. The Labute approximate surface area is 147 Å². The van der Waals surface area contributed by atoms with E-state index in [9.17, 15) is 9.59 Å². The van der Waals surface area contributed by atoms with Crippen LogP contribution in [-0.2, 0) is 14.3 Å². The summed E-state index contributed by atoms with van der Waals surface area (Å²) in [4.78, 5) is 24.8. The molecule has 6 heteroatoms. The third-order valence-electron chi connectivity index (χ3n) is 2.89. The van der Waals surface area contributed by atoms with Crippen LogP contribution in [0.5, 0.6) is 0 Å². The van der Waals surface area contributed by atoms with E-state index >= 15 is 0 Å². The number of benzene rings is 2. The third kappa shape index (κ3) is 6.08. The Morgan fingerprint density at radius 2 is 1.78 bits per heavy atom. The van der Waals surface area contributed by atoms with Gasteiger partial charge in [-0.3, -0.25) is 9.59 Å². The molecule has 0 fully saturated rings. The molecular formula is C17H16BrNO3S. The highest BCUT2D eigenvalue weighted by Gasteiger charge is 2.18. The predicted molar refractivity (Wildman–Crippen MR) is 95.5 cm³/mol. The lowest BCUT2D eigenvalue weighted by atomic mass is 10.3. The quantitative estimate of drug-likeness (QED) is 0.592. The van der Waals surface area contributed by atoms with E-state index in [1.165, 1.54) is 11.8 Å². The number of amides is 1. The highest BCUT2D eigenvalue weighted by Crippen LogP contribution is 2.17. The number of hydrogen-bond donors (Lipinski definition) is 1. The number of esters is 1.